The highest BCUT2D eigenvalue weighted by molar-refractivity contribution is 7.98. The first-order chi connectivity index (χ1) is 10.7. The summed E-state index contributed by atoms with van der Waals surface area (Å²) >= 11 is 3.58. The average molecular weight is 342 g/mol. The van der Waals surface area contributed by atoms with E-state index in [1.807, 2.05) is 18.3 Å². The average Bonchev–Trinajstić information content (AvgIpc) is 2.99. The molecule has 2 heterocycles. The lowest BCUT2D eigenvalue weighted by molar-refractivity contribution is 0.166. The Morgan fingerprint density at radius 3 is 3.18 bits per heavy atom. The number of nitrogens with zero attached hydrogens (tertiary/aromatic N) is 1. The van der Waals surface area contributed by atoms with Crippen molar-refractivity contribution in [3.63, 3.8) is 0 Å². The third kappa shape index (κ3) is 6.18. The number of likely N-dealkylation sites (tertiary alicyclic amines) is 1. The maximum absolute atomic E-state index is 11.9. The van der Waals surface area contributed by atoms with E-state index in [1.165, 1.54) is 24.3 Å². The summed E-state index contributed by atoms with van der Waals surface area (Å²) in [6.07, 6.45) is 4.49. The number of thioether (sulfide) groups is 1. The molecule has 2 amide bonds. The summed E-state index contributed by atoms with van der Waals surface area (Å²) < 4.78 is 0. The van der Waals surface area contributed by atoms with E-state index in [-0.39, 0.29) is 12.1 Å². The van der Waals surface area contributed by atoms with Crippen molar-refractivity contribution in [2.45, 2.75) is 32.4 Å². The smallest absolute Gasteiger partial charge is 0.315 e. The molecule has 1 aromatic rings. The van der Waals surface area contributed by atoms with Gasteiger partial charge in [-0.2, -0.15) is 11.8 Å². The van der Waals surface area contributed by atoms with Crippen LogP contribution in [0.25, 0.3) is 0 Å². The van der Waals surface area contributed by atoms with Crippen molar-refractivity contribution < 1.29 is 4.79 Å². The molecule has 0 radical (unpaired) electrons. The van der Waals surface area contributed by atoms with Crippen LogP contribution >= 0.6 is 23.1 Å². The van der Waals surface area contributed by atoms with Gasteiger partial charge in [-0.3, -0.25) is 4.90 Å². The van der Waals surface area contributed by atoms with E-state index in [0.717, 1.165) is 25.4 Å². The zero-order valence-electron chi connectivity index (χ0n) is 13.5. The molecule has 0 bridgehead atoms. The van der Waals surface area contributed by atoms with Gasteiger partial charge in [-0.05, 0) is 49.9 Å². The van der Waals surface area contributed by atoms with Gasteiger partial charge in [0, 0.05) is 36.3 Å². The SMILES string of the molecule is CSC[C@@H](C)NC(=O)NC[C@H]1CCCN(Cc2cccs2)C1. The first-order valence-electron chi connectivity index (χ1n) is 7.95. The van der Waals surface area contributed by atoms with Gasteiger partial charge in [0.25, 0.3) is 0 Å². The lowest BCUT2D eigenvalue weighted by atomic mass is 9.98. The van der Waals surface area contributed by atoms with Crippen LogP contribution in [-0.4, -0.2) is 48.6 Å². The Morgan fingerprint density at radius 1 is 1.59 bits per heavy atom. The van der Waals surface area contributed by atoms with Gasteiger partial charge in [0.1, 0.15) is 0 Å². The molecule has 1 aliphatic rings. The van der Waals surface area contributed by atoms with E-state index in [9.17, 15) is 4.79 Å². The van der Waals surface area contributed by atoms with Crippen LogP contribution in [-0.2, 0) is 6.54 Å². The van der Waals surface area contributed by atoms with E-state index >= 15 is 0 Å². The molecule has 1 fully saturated rings. The van der Waals surface area contributed by atoms with E-state index in [0.29, 0.717) is 5.92 Å². The quantitative estimate of drug-likeness (QED) is 0.801. The number of amides is 2. The Morgan fingerprint density at radius 2 is 2.45 bits per heavy atom. The number of carbonyl (C=O) groups is 1. The zero-order chi connectivity index (χ0) is 15.8. The van der Waals surface area contributed by atoms with E-state index in [4.69, 9.17) is 0 Å². The van der Waals surface area contributed by atoms with E-state index < -0.39 is 0 Å². The van der Waals surface area contributed by atoms with Gasteiger partial charge in [-0.15, -0.1) is 11.3 Å². The van der Waals surface area contributed by atoms with Crippen molar-refractivity contribution in [1.29, 1.82) is 0 Å². The molecule has 0 aromatic carbocycles. The summed E-state index contributed by atoms with van der Waals surface area (Å²) in [6.45, 7) is 6.12. The minimum atomic E-state index is -0.0306. The summed E-state index contributed by atoms with van der Waals surface area (Å²) in [4.78, 5) is 15.8. The monoisotopic (exact) mass is 341 g/mol. The number of rotatable bonds is 7. The summed E-state index contributed by atoms with van der Waals surface area (Å²) in [7, 11) is 0. The van der Waals surface area contributed by atoms with Crippen LogP contribution in [0.15, 0.2) is 17.5 Å². The van der Waals surface area contributed by atoms with Gasteiger partial charge in [-0.25, -0.2) is 4.79 Å². The van der Waals surface area contributed by atoms with Crippen molar-refractivity contribution in [3.8, 4) is 0 Å². The number of piperidine rings is 1. The normalized spacial score (nSPS) is 20.5. The molecule has 4 nitrogen and oxygen atoms in total. The molecule has 0 saturated carbocycles. The van der Waals surface area contributed by atoms with Gasteiger partial charge in [0.05, 0.1) is 0 Å². The Hall–Kier alpha value is -0.720. The van der Waals surface area contributed by atoms with Crippen LogP contribution < -0.4 is 10.6 Å². The number of carbonyl (C=O) groups excluding carboxylic acids is 1. The highest BCUT2D eigenvalue weighted by atomic mass is 32.2. The van der Waals surface area contributed by atoms with Crippen molar-refractivity contribution in [1.82, 2.24) is 15.5 Å². The standard InChI is InChI=1S/C16H27N3OS2/c1-13(12-21-2)18-16(20)17-9-14-5-3-7-19(10-14)11-15-6-4-8-22-15/h4,6,8,13-14H,3,5,7,9-12H2,1-2H3,(H2,17,18,20)/t13-,14-/m1/s1. The maximum Gasteiger partial charge on any atom is 0.315 e. The van der Waals surface area contributed by atoms with Gasteiger partial charge in [0.2, 0.25) is 0 Å². The second-order valence-corrected chi connectivity index (χ2v) is 7.98. The summed E-state index contributed by atoms with van der Waals surface area (Å²) in [5, 5.41) is 8.16. The summed E-state index contributed by atoms with van der Waals surface area (Å²) in [5.41, 5.74) is 0. The van der Waals surface area contributed by atoms with Crippen molar-refractivity contribution in [2.24, 2.45) is 5.92 Å². The van der Waals surface area contributed by atoms with Crippen LogP contribution in [0.4, 0.5) is 4.79 Å². The van der Waals surface area contributed by atoms with Crippen LogP contribution in [0.3, 0.4) is 0 Å². The minimum Gasteiger partial charge on any atom is -0.338 e. The fourth-order valence-electron chi connectivity index (χ4n) is 2.89. The highest BCUT2D eigenvalue weighted by Crippen LogP contribution is 2.19. The van der Waals surface area contributed by atoms with E-state index in [1.54, 1.807) is 11.8 Å². The second kappa shape index (κ2) is 9.43. The maximum atomic E-state index is 11.9. The molecule has 0 aliphatic carbocycles. The fraction of sp³-hybridized carbons (Fsp3) is 0.688. The molecule has 0 unspecified atom stereocenters. The Balaban J connectivity index is 1.68. The topological polar surface area (TPSA) is 44.4 Å². The highest BCUT2D eigenvalue weighted by Gasteiger charge is 2.20. The van der Waals surface area contributed by atoms with Crippen molar-refractivity contribution in [3.05, 3.63) is 22.4 Å². The first kappa shape index (κ1) is 17.6. The lowest BCUT2D eigenvalue weighted by Crippen LogP contribution is -2.46. The number of nitrogens with one attached hydrogen (secondary N) is 2. The Kier molecular flexibility index (Phi) is 7.55. The van der Waals surface area contributed by atoms with Gasteiger partial charge < -0.3 is 10.6 Å². The molecule has 0 spiro atoms. The third-order valence-corrected chi connectivity index (χ3v) is 5.60. The van der Waals surface area contributed by atoms with Crippen LogP contribution in [0, 0.1) is 5.92 Å². The summed E-state index contributed by atoms with van der Waals surface area (Å²) in [6, 6.07) is 4.50. The summed E-state index contributed by atoms with van der Waals surface area (Å²) in [5.74, 6) is 1.51. The lowest BCUT2D eigenvalue weighted by Gasteiger charge is -2.32. The molecular formula is C16H27N3OS2. The third-order valence-electron chi connectivity index (χ3n) is 3.91. The van der Waals surface area contributed by atoms with Crippen LogP contribution in [0.5, 0.6) is 0 Å². The molecule has 2 rings (SSSR count). The molecule has 124 valence electrons. The van der Waals surface area contributed by atoms with Crippen LogP contribution in [0.1, 0.15) is 24.6 Å². The largest absolute Gasteiger partial charge is 0.338 e. The van der Waals surface area contributed by atoms with E-state index in [2.05, 4.69) is 39.3 Å². The van der Waals surface area contributed by atoms with Crippen molar-refractivity contribution in [2.75, 3.05) is 31.6 Å². The predicted octanol–water partition coefficient (Wildman–Crippen LogP) is 3.01. The Labute approximate surface area is 142 Å². The molecule has 1 aliphatic heterocycles. The zero-order valence-corrected chi connectivity index (χ0v) is 15.1. The number of urea groups is 1. The molecular weight excluding hydrogens is 314 g/mol. The second-order valence-electron chi connectivity index (χ2n) is 6.03. The minimum absolute atomic E-state index is 0.0306. The fourth-order valence-corrected chi connectivity index (χ4v) is 4.22. The molecule has 6 heteroatoms. The van der Waals surface area contributed by atoms with Gasteiger partial charge in [0.15, 0.2) is 0 Å². The number of thiophene rings is 1. The molecule has 1 aromatic heterocycles. The van der Waals surface area contributed by atoms with Gasteiger partial charge >= 0.3 is 6.03 Å². The Bertz CT molecular complexity index is 439. The molecule has 22 heavy (non-hydrogen) atoms. The van der Waals surface area contributed by atoms with Crippen molar-refractivity contribution >= 4 is 29.1 Å². The predicted molar refractivity (Wildman–Crippen MR) is 96.7 cm³/mol. The number of hydrogen-bond donors (Lipinski definition) is 2. The van der Waals surface area contributed by atoms with Crippen LogP contribution in [0.2, 0.25) is 0 Å². The number of hydrogen-bond acceptors (Lipinski definition) is 4. The molecule has 1 saturated heterocycles. The van der Waals surface area contributed by atoms with Gasteiger partial charge in [-0.1, -0.05) is 6.07 Å². The first-order valence-corrected chi connectivity index (χ1v) is 10.2. The molecule has 2 atom stereocenters. The molecule has 2 N–H and O–H groups in total.